The van der Waals surface area contributed by atoms with Crippen LogP contribution in [-0.4, -0.2) is 23.1 Å². The van der Waals surface area contributed by atoms with Gasteiger partial charge < -0.3 is 10.6 Å². The second-order valence-corrected chi connectivity index (χ2v) is 2.24. The number of hydrogen-bond acceptors (Lipinski definition) is 2. The van der Waals surface area contributed by atoms with Gasteiger partial charge in [0.05, 0.1) is 12.5 Å². The van der Waals surface area contributed by atoms with E-state index in [0.29, 0.717) is 18.1 Å². The van der Waals surface area contributed by atoms with Gasteiger partial charge in [0.15, 0.2) is 5.11 Å². The molecule has 10 heavy (non-hydrogen) atoms. The summed E-state index contributed by atoms with van der Waals surface area (Å²) in [6.07, 6.45) is 0.477. The maximum absolute atomic E-state index is 8.23. The van der Waals surface area contributed by atoms with E-state index in [2.05, 4.69) is 0 Å². The summed E-state index contributed by atoms with van der Waals surface area (Å²) in [6, 6.07) is 2.03. The molecule has 0 atom stereocenters. The van der Waals surface area contributed by atoms with Crippen molar-refractivity contribution in [3.63, 3.8) is 0 Å². The molecule has 0 heterocycles. The Morgan fingerprint density at radius 1 is 1.80 bits per heavy atom. The van der Waals surface area contributed by atoms with Gasteiger partial charge in [-0.1, -0.05) is 0 Å². The average Bonchev–Trinajstić information content (AvgIpc) is 1.89. The number of nitriles is 1. The van der Waals surface area contributed by atoms with Crippen molar-refractivity contribution in [1.82, 2.24) is 4.90 Å². The molecule has 0 radical (unpaired) electrons. The van der Waals surface area contributed by atoms with Crippen molar-refractivity contribution in [2.75, 3.05) is 13.1 Å². The molecule has 0 unspecified atom stereocenters. The van der Waals surface area contributed by atoms with E-state index in [0.717, 1.165) is 6.54 Å². The Morgan fingerprint density at radius 2 is 2.40 bits per heavy atom. The molecule has 0 fully saturated rings. The van der Waals surface area contributed by atoms with Crippen molar-refractivity contribution in [2.24, 2.45) is 5.73 Å². The van der Waals surface area contributed by atoms with E-state index < -0.39 is 0 Å². The minimum Gasteiger partial charge on any atom is -0.376 e. The van der Waals surface area contributed by atoms with Gasteiger partial charge in [-0.05, 0) is 19.1 Å². The summed E-state index contributed by atoms with van der Waals surface area (Å²) in [7, 11) is 0. The van der Waals surface area contributed by atoms with Crippen LogP contribution in [0.3, 0.4) is 0 Å². The molecule has 0 saturated carbocycles. The smallest absolute Gasteiger partial charge is 0.166 e. The van der Waals surface area contributed by atoms with E-state index in [9.17, 15) is 0 Å². The van der Waals surface area contributed by atoms with E-state index in [-0.39, 0.29) is 0 Å². The van der Waals surface area contributed by atoms with E-state index >= 15 is 0 Å². The van der Waals surface area contributed by atoms with Crippen molar-refractivity contribution in [3.8, 4) is 6.07 Å². The Balaban J connectivity index is 3.63. The minimum atomic E-state index is 0.373. The zero-order valence-corrected chi connectivity index (χ0v) is 6.82. The molecule has 0 aliphatic carbocycles. The largest absolute Gasteiger partial charge is 0.376 e. The number of thiocarbonyl (C=S) groups is 1. The number of rotatable bonds is 3. The zero-order chi connectivity index (χ0) is 7.98. The summed E-state index contributed by atoms with van der Waals surface area (Å²) >= 11 is 4.72. The van der Waals surface area contributed by atoms with Crippen LogP contribution in [0.25, 0.3) is 0 Å². The second kappa shape index (κ2) is 5.00. The number of nitrogens with zero attached hydrogens (tertiary/aromatic N) is 2. The standard InChI is InChI=1S/C6H11N3S/c1-2-9(6(8)10)5-3-4-7/h2-3,5H2,1H3,(H2,8,10). The van der Waals surface area contributed by atoms with Crippen molar-refractivity contribution in [3.05, 3.63) is 0 Å². The molecular formula is C6H11N3S. The Morgan fingerprint density at radius 3 is 2.70 bits per heavy atom. The third kappa shape index (κ3) is 3.25. The summed E-state index contributed by atoms with van der Waals surface area (Å²) in [4.78, 5) is 1.79. The van der Waals surface area contributed by atoms with Crippen molar-refractivity contribution in [1.29, 1.82) is 5.26 Å². The normalized spacial score (nSPS) is 8.40. The van der Waals surface area contributed by atoms with Gasteiger partial charge >= 0.3 is 0 Å². The summed E-state index contributed by atoms with van der Waals surface area (Å²) < 4.78 is 0. The predicted molar refractivity (Wildman–Crippen MR) is 44.3 cm³/mol. The molecule has 0 spiro atoms. The minimum absolute atomic E-state index is 0.373. The monoisotopic (exact) mass is 157 g/mol. The lowest BCUT2D eigenvalue weighted by Gasteiger charge is -2.18. The van der Waals surface area contributed by atoms with Crippen LogP contribution in [0.4, 0.5) is 0 Å². The van der Waals surface area contributed by atoms with Gasteiger partial charge in [-0.3, -0.25) is 0 Å². The quantitative estimate of drug-likeness (QED) is 0.605. The summed E-state index contributed by atoms with van der Waals surface area (Å²) in [6.45, 7) is 3.37. The fourth-order valence-corrected chi connectivity index (χ4v) is 0.829. The van der Waals surface area contributed by atoms with Gasteiger partial charge in [0.2, 0.25) is 0 Å². The molecule has 0 aliphatic heterocycles. The van der Waals surface area contributed by atoms with Crippen molar-refractivity contribution in [2.45, 2.75) is 13.3 Å². The molecule has 0 amide bonds. The molecule has 3 nitrogen and oxygen atoms in total. The van der Waals surface area contributed by atoms with Crippen LogP contribution < -0.4 is 5.73 Å². The van der Waals surface area contributed by atoms with Crippen LogP contribution in [0.5, 0.6) is 0 Å². The molecule has 56 valence electrons. The van der Waals surface area contributed by atoms with Gasteiger partial charge in [-0.15, -0.1) is 0 Å². The summed E-state index contributed by atoms with van der Waals surface area (Å²) in [5.74, 6) is 0. The molecule has 0 bridgehead atoms. The van der Waals surface area contributed by atoms with Gasteiger partial charge in [-0.25, -0.2) is 0 Å². The first-order chi connectivity index (χ1) is 4.72. The van der Waals surface area contributed by atoms with Gasteiger partial charge in [0, 0.05) is 13.1 Å². The molecule has 0 saturated heterocycles. The molecule has 0 aliphatic rings. The lowest BCUT2D eigenvalue weighted by molar-refractivity contribution is 0.454. The first kappa shape index (κ1) is 9.18. The molecule has 2 N–H and O–H groups in total. The highest BCUT2D eigenvalue weighted by Crippen LogP contribution is 1.89. The van der Waals surface area contributed by atoms with Crippen LogP contribution in [0, 0.1) is 11.3 Å². The lowest BCUT2D eigenvalue weighted by atomic mass is 10.4. The fraction of sp³-hybridized carbons (Fsp3) is 0.667. The van der Waals surface area contributed by atoms with Crippen LogP contribution in [0.2, 0.25) is 0 Å². The molecule has 4 heteroatoms. The molecule has 0 aromatic rings. The maximum Gasteiger partial charge on any atom is 0.166 e. The first-order valence-corrected chi connectivity index (χ1v) is 3.54. The topological polar surface area (TPSA) is 53.0 Å². The molecular weight excluding hydrogens is 146 g/mol. The second-order valence-electron chi connectivity index (χ2n) is 1.83. The maximum atomic E-state index is 8.23. The summed E-state index contributed by atoms with van der Waals surface area (Å²) in [5.41, 5.74) is 5.34. The Bertz CT molecular complexity index is 150. The third-order valence-corrected chi connectivity index (χ3v) is 1.45. The fourth-order valence-electron chi connectivity index (χ4n) is 0.609. The predicted octanol–water partition coefficient (Wildman–Crippen LogP) is 0.466. The lowest BCUT2D eigenvalue weighted by Crippen LogP contribution is -2.35. The van der Waals surface area contributed by atoms with E-state index in [1.54, 1.807) is 4.90 Å². The average molecular weight is 157 g/mol. The zero-order valence-electron chi connectivity index (χ0n) is 6.00. The van der Waals surface area contributed by atoms with Crippen LogP contribution in [0.1, 0.15) is 13.3 Å². The van der Waals surface area contributed by atoms with Crippen molar-refractivity contribution >= 4 is 17.3 Å². The number of hydrogen-bond donors (Lipinski definition) is 1. The van der Waals surface area contributed by atoms with Crippen LogP contribution in [0.15, 0.2) is 0 Å². The highest BCUT2D eigenvalue weighted by atomic mass is 32.1. The third-order valence-electron chi connectivity index (χ3n) is 1.19. The van der Waals surface area contributed by atoms with Crippen molar-refractivity contribution < 1.29 is 0 Å². The van der Waals surface area contributed by atoms with E-state index in [1.165, 1.54) is 0 Å². The van der Waals surface area contributed by atoms with E-state index in [1.807, 2.05) is 13.0 Å². The Hall–Kier alpha value is -0.820. The van der Waals surface area contributed by atoms with Crippen LogP contribution >= 0.6 is 12.2 Å². The first-order valence-electron chi connectivity index (χ1n) is 3.13. The van der Waals surface area contributed by atoms with Crippen LogP contribution in [-0.2, 0) is 0 Å². The highest BCUT2D eigenvalue weighted by Gasteiger charge is 2.00. The Kier molecular flexibility index (Phi) is 4.59. The number of nitrogens with two attached hydrogens (primary N) is 1. The van der Waals surface area contributed by atoms with Gasteiger partial charge in [0.1, 0.15) is 0 Å². The SMILES string of the molecule is CCN(CCC#N)C(N)=S. The highest BCUT2D eigenvalue weighted by molar-refractivity contribution is 7.80. The summed E-state index contributed by atoms with van der Waals surface area (Å²) in [5, 5.41) is 8.60. The Labute approximate surface area is 66.4 Å². The van der Waals surface area contributed by atoms with Gasteiger partial charge in [-0.2, -0.15) is 5.26 Å². The van der Waals surface area contributed by atoms with E-state index in [4.69, 9.17) is 23.2 Å². The molecule has 0 aromatic carbocycles. The van der Waals surface area contributed by atoms with Gasteiger partial charge in [0.25, 0.3) is 0 Å². The molecule has 0 aromatic heterocycles. The molecule has 0 rings (SSSR count).